The predicted octanol–water partition coefficient (Wildman–Crippen LogP) is 4.09. The highest BCUT2D eigenvalue weighted by Crippen LogP contribution is 2.30. The van der Waals surface area contributed by atoms with Gasteiger partial charge in [-0.3, -0.25) is 9.10 Å². The van der Waals surface area contributed by atoms with E-state index in [0.29, 0.717) is 28.5 Å². The molecule has 0 aliphatic rings. The predicted molar refractivity (Wildman–Crippen MR) is 135 cm³/mol. The number of anilines is 1. The third-order valence-electron chi connectivity index (χ3n) is 5.54. The molecule has 8 nitrogen and oxygen atoms in total. The Morgan fingerprint density at radius 3 is 2.06 bits per heavy atom. The lowest BCUT2D eigenvalue weighted by atomic mass is 10.1. The van der Waals surface area contributed by atoms with Gasteiger partial charge in [-0.2, -0.15) is 0 Å². The van der Waals surface area contributed by atoms with Gasteiger partial charge < -0.3 is 19.5 Å². The zero-order valence-corrected chi connectivity index (χ0v) is 21.3. The minimum absolute atomic E-state index is 0.0502. The molecule has 0 aliphatic carbocycles. The summed E-state index contributed by atoms with van der Waals surface area (Å²) in [6, 6.07) is 17.8. The Balaban J connectivity index is 1.90. The van der Waals surface area contributed by atoms with Crippen LogP contribution in [0.1, 0.15) is 24.1 Å². The van der Waals surface area contributed by atoms with Crippen LogP contribution in [-0.4, -0.2) is 42.2 Å². The number of amides is 1. The summed E-state index contributed by atoms with van der Waals surface area (Å²) in [5, 5.41) is 2.88. The fourth-order valence-corrected chi connectivity index (χ4v) is 5.00. The van der Waals surface area contributed by atoms with Crippen molar-refractivity contribution >= 4 is 21.6 Å². The van der Waals surface area contributed by atoms with E-state index in [4.69, 9.17) is 14.2 Å². The molecule has 0 fully saturated rings. The number of benzene rings is 3. The highest BCUT2D eigenvalue weighted by atomic mass is 32.2. The average Bonchev–Trinajstić information content (AvgIpc) is 2.87. The Morgan fingerprint density at radius 1 is 0.886 bits per heavy atom. The van der Waals surface area contributed by atoms with Crippen molar-refractivity contribution in [2.24, 2.45) is 0 Å². The lowest BCUT2D eigenvalue weighted by Crippen LogP contribution is -2.41. The molecule has 0 aromatic heterocycles. The molecule has 3 aromatic rings. The largest absolute Gasteiger partial charge is 0.497 e. The molecule has 0 bridgehead atoms. The Kier molecular flexibility index (Phi) is 8.24. The molecule has 1 N–H and O–H groups in total. The van der Waals surface area contributed by atoms with Crippen molar-refractivity contribution in [3.8, 4) is 17.2 Å². The Hall–Kier alpha value is -3.72. The number of hydrogen-bond donors (Lipinski definition) is 1. The quantitative estimate of drug-likeness (QED) is 0.452. The van der Waals surface area contributed by atoms with Crippen LogP contribution in [0.3, 0.4) is 0 Å². The van der Waals surface area contributed by atoms with Gasteiger partial charge >= 0.3 is 0 Å². The Labute approximate surface area is 206 Å². The smallest absolute Gasteiger partial charge is 0.264 e. The molecule has 186 valence electrons. The van der Waals surface area contributed by atoms with Crippen LogP contribution in [0.4, 0.5) is 5.69 Å². The van der Waals surface area contributed by atoms with Crippen LogP contribution < -0.4 is 23.8 Å². The van der Waals surface area contributed by atoms with E-state index in [0.717, 1.165) is 9.87 Å². The van der Waals surface area contributed by atoms with Gasteiger partial charge in [-0.15, -0.1) is 0 Å². The molecule has 1 atom stereocenters. The van der Waals surface area contributed by atoms with Gasteiger partial charge in [-0.25, -0.2) is 8.42 Å². The molecule has 3 rings (SSSR count). The Morgan fingerprint density at radius 2 is 1.49 bits per heavy atom. The monoisotopic (exact) mass is 498 g/mol. The summed E-state index contributed by atoms with van der Waals surface area (Å²) in [4.78, 5) is 13.2. The standard InChI is InChI=1S/C26H30N2O6S/c1-18-6-8-20(9-7-18)28(35(30,31)23-13-10-21(32-3)11-14-23)17-26(29)27-19(2)24-16-22(33-4)12-15-25(24)34-5/h6-16,19H,17H2,1-5H3,(H,27,29). The zero-order valence-electron chi connectivity index (χ0n) is 20.4. The number of hydrogen-bond acceptors (Lipinski definition) is 6. The molecule has 0 spiro atoms. The summed E-state index contributed by atoms with van der Waals surface area (Å²) in [5.74, 6) is 1.26. The van der Waals surface area contributed by atoms with Gasteiger partial charge in [0.1, 0.15) is 23.8 Å². The second-order valence-electron chi connectivity index (χ2n) is 7.92. The van der Waals surface area contributed by atoms with Gasteiger partial charge in [0.05, 0.1) is 38.0 Å². The van der Waals surface area contributed by atoms with E-state index >= 15 is 0 Å². The first-order valence-corrected chi connectivity index (χ1v) is 12.4. The number of nitrogens with one attached hydrogen (secondary N) is 1. The second kappa shape index (κ2) is 11.1. The first kappa shape index (κ1) is 25.9. The van der Waals surface area contributed by atoms with Crippen molar-refractivity contribution in [2.45, 2.75) is 24.8 Å². The van der Waals surface area contributed by atoms with Crippen LogP contribution >= 0.6 is 0 Å². The van der Waals surface area contributed by atoms with E-state index in [9.17, 15) is 13.2 Å². The maximum absolute atomic E-state index is 13.6. The van der Waals surface area contributed by atoms with Crippen molar-refractivity contribution < 1.29 is 27.4 Å². The highest BCUT2D eigenvalue weighted by Gasteiger charge is 2.28. The summed E-state index contributed by atoms with van der Waals surface area (Å²) < 4.78 is 44.1. The molecule has 1 unspecified atom stereocenters. The van der Waals surface area contributed by atoms with Crippen molar-refractivity contribution in [2.75, 3.05) is 32.2 Å². The van der Waals surface area contributed by atoms with E-state index in [1.165, 1.54) is 19.2 Å². The van der Waals surface area contributed by atoms with Crippen molar-refractivity contribution in [1.82, 2.24) is 5.32 Å². The fraction of sp³-hybridized carbons (Fsp3) is 0.269. The number of nitrogens with zero attached hydrogens (tertiary/aromatic N) is 1. The number of ether oxygens (including phenoxy) is 3. The second-order valence-corrected chi connectivity index (χ2v) is 9.78. The van der Waals surface area contributed by atoms with Crippen molar-refractivity contribution in [3.63, 3.8) is 0 Å². The highest BCUT2D eigenvalue weighted by molar-refractivity contribution is 7.92. The minimum atomic E-state index is -4.04. The third-order valence-corrected chi connectivity index (χ3v) is 7.33. The molecule has 3 aromatic carbocycles. The fourth-order valence-electron chi connectivity index (χ4n) is 3.57. The summed E-state index contributed by atoms with van der Waals surface area (Å²) in [6.07, 6.45) is 0. The van der Waals surface area contributed by atoms with Crippen molar-refractivity contribution in [1.29, 1.82) is 0 Å². The minimum Gasteiger partial charge on any atom is -0.497 e. The van der Waals surface area contributed by atoms with Crippen molar-refractivity contribution in [3.05, 3.63) is 77.9 Å². The SMILES string of the molecule is COc1ccc(S(=O)(=O)N(CC(=O)NC(C)c2cc(OC)ccc2OC)c2ccc(C)cc2)cc1. The van der Waals surface area contributed by atoms with Crippen LogP contribution in [0.15, 0.2) is 71.6 Å². The molecule has 35 heavy (non-hydrogen) atoms. The van der Waals surface area contributed by atoms with Gasteiger partial charge in [0, 0.05) is 5.56 Å². The molecule has 0 aliphatic heterocycles. The average molecular weight is 499 g/mol. The summed E-state index contributed by atoms with van der Waals surface area (Å²) in [5.41, 5.74) is 2.06. The van der Waals surface area contributed by atoms with Crippen LogP contribution in [0.2, 0.25) is 0 Å². The lowest BCUT2D eigenvalue weighted by Gasteiger charge is -2.25. The first-order valence-electron chi connectivity index (χ1n) is 10.9. The first-order chi connectivity index (χ1) is 16.7. The Bertz CT molecular complexity index is 1260. The van der Waals surface area contributed by atoms with E-state index in [2.05, 4.69) is 5.32 Å². The molecular weight excluding hydrogens is 468 g/mol. The van der Waals surface area contributed by atoms with Gasteiger partial charge in [0.25, 0.3) is 10.0 Å². The molecule has 1 amide bonds. The van der Waals surface area contributed by atoms with Gasteiger partial charge in [-0.05, 0) is 68.4 Å². The van der Waals surface area contributed by atoms with E-state index in [1.807, 2.05) is 6.92 Å². The van der Waals surface area contributed by atoms with Gasteiger partial charge in [0.15, 0.2) is 0 Å². The van der Waals surface area contributed by atoms with Crippen LogP contribution in [0.5, 0.6) is 17.2 Å². The van der Waals surface area contributed by atoms with Gasteiger partial charge in [-0.1, -0.05) is 17.7 Å². The third kappa shape index (κ3) is 6.05. The summed E-state index contributed by atoms with van der Waals surface area (Å²) in [6.45, 7) is 3.29. The van der Waals surface area contributed by atoms with Crippen LogP contribution in [-0.2, 0) is 14.8 Å². The number of methoxy groups -OCH3 is 3. The van der Waals surface area contributed by atoms with E-state index in [1.54, 1.807) is 75.7 Å². The molecule has 0 saturated heterocycles. The number of sulfonamides is 1. The summed E-state index contributed by atoms with van der Waals surface area (Å²) >= 11 is 0. The number of carbonyl (C=O) groups excluding carboxylic acids is 1. The van der Waals surface area contributed by atoms with Crippen LogP contribution in [0, 0.1) is 6.92 Å². The topological polar surface area (TPSA) is 94.2 Å². The number of aryl methyl sites for hydroxylation is 1. The normalized spacial score (nSPS) is 11.9. The molecule has 0 saturated carbocycles. The van der Waals surface area contributed by atoms with E-state index < -0.39 is 28.5 Å². The van der Waals surface area contributed by atoms with Crippen LogP contribution in [0.25, 0.3) is 0 Å². The number of rotatable bonds is 10. The summed E-state index contributed by atoms with van der Waals surface area (Å²) in [7, 11) is 0.562. The lowest BCUT2D eigenvalue weighted by molar-refractivity contribution is -0.120. The van der Waals surface area contributed by atoms with Gasteiger partial charge in [0.2, 0.25) is 5.91 Å². The zero-order chi connectivity index (χ0) is 25.6. The molecule has 0 radical (unpaired) electrons. The molecule has 0 heterocycles. The maximum atomic E-state index is 13.6. The maximum Gasteiger partial charge on any atom is 0.264 e. The van der Waals surface area contributed by atoms with E-state index in [-0.39, 0.29) is 4.90 Å². The molecule has 9 heteroatoms. The molecular formula is C26H30N2O6S. The number of carbonyl (C=O) groups is 1.